The highest BCUT2D eigenvalue weighted by molar-refractivity contribution is 6.03. The first kappa shape index (κ1) is 17.6. The van der Waals surface area contributed by atoms with Crippen LogP contribution in [-0.2, 0) is 4.79 Å². The summed E-state index contributed by atoms with van der Waals surface area (Å²) in [5, 5.41) is 11.7. The van der Waals surface area contributed by atoms with Gasteiger partial charge >= 0.3 is 0 Å². The highest BCUT2D eigenvalue weighted by atomic mass is 16.5. The Bertz CT molecular complexity index is 826. The van der Waals surface area contributed by atoms with E-state index in [-0.39, 0.29) is 17.8 Å². The maximum absolute atomic E-state index is 11.9. The van der Waals surface area contributed by atoms with Gasteiger partial charge in [-0.25, -0.2) is 0 Å². The van der Waals surface area contributed by atoms with Gasteiger partial charge in [-0.05, 0) is 45.4 Å². The van der Waals surface area contributed by atoms with Gasteiger partial charge in [-0.2, -0.15) is 0 Å². The molecule has 1 aromatic carbocycles. The Morgan fingerprint density at radius 2 is 1.96 bits per heavy atom. The number of rotatable bonds is 5. The van der Waals surface area contributed by atoms with Crippen LogP contribution in [0.15, 0.2) is 24.3 Å². The average Bonchev–Trinajstić information content (AvgIpc) is 2.48. The Hall–Kier alpha value is -2.76. The molecule has 126 valence electrons. The Kier molecular flexibility index (Phi) is 5.28. The molecule has 0 aliphatic carbocycles. The Morgan fingerprint density at radius 1 is 1.25 bits per heavy atom. The van der Waals surface area contributed by atoms with Gasteiger partial charge in [-0.3, -0.25) is 9.59 Å². The van der Waals surface area contributed by atoms with Gasteiger partial charge in [0.25, 0.3) is 0 Å². The summed E-state index contributed by atoms with van der Waals surface area (Å²) in [7, 11) is 0. The molecule has 1 aromatic heterocycles. The summed E-state index contributed by atoms with van der Waals surface area (Å²) in [5.74, 6) is 0.112. The van der Waals surface area contributed by atoms with Crippen molar-refractivity contribution in [2.24, 2.45) is 0 Å². The van der Waals surface area contributed by atoms with Crippen LogP contribution >= 0.6 is 0 Å². The number of hydrogen-bond acceptors (Lipinski definition) is 5. The zero-order valence-corrected chi connectivity index (χ0v) is 14.5. The Balaban J connectivity index is 2.63. The third-order valence-electron chi connectivity index (χ3n) is 3.39. The topological polar surface area (TPSA) is 81.2 Å². The van der Waals surface area contributed by atoms with Gasteiger partial charge in [0.2, 0.25) is 5.91 Å². The molecule has 0 bridgehead atoms. The summed E-state index contributed by atoms with van der Waals surface area (Å²) in [6.45, 7) is 8.83. The van der Waals surface area contributed by atoms with Gasteiger partial charge in [-0.1, -0.05) is 6.08 Å². The number of allylic oxidation sites excluding steroid dienone is 1. The lowest BCUT2D eigenvalue weighted by Crippen LogP contribution is -2.13. The molecule has 0 fully saturated rings. The quantitative estimate of drug-likeness (QED) is 0.672. The second kappa shape index (κ2) is 7.21. The highest BCUT2D eigenvalue weighted by Crippen LogP contribution is 2.32. The minimum atomic E-state index is -0.253. The normalized spacial score (nSPS) is 11.2. The number of Topliss-reactive ketones (excluding diaryl/α,β-unsaturated/α-hetero) is 1. The van der Waals surface area contributed by atoms with Gasteiger partial charge in [0.05, 0.1) is 17.3 Å². The fourth-order valence-corrected chi connectivity index (χ4v) is 2.37. The van der Waals surface area contributed by atoms with Crippen molar-refractivity contribution in [3.05, 3.63) is 35.5 Å². The van der Waals surface area contributed by atoms with Gasteiger partial charge in [0, 0.05) is 18.4 Å². The van der Waals surface area contributed by atoms with Crippen LogP contribution in [0.1, 0.15) is 43.7 Å². The number of benzene rings is 1. The number of fused-ring (bicyclic) bond motifs is 1. The molecule has 1 amide bonds. The van der Waals surface area contributed by atoms with Gasteiger partial charge in [-0.15, -0.1) is 10.2 Å². The molecular weight excluding hydrogens is 306 g/mol. The van der Waals surface area contributed by atoms with Crippen molar-refractivity contribution < 1.29 is 14.3 Å². The zero-order valence-electron chi connectivity index (χ0n) is 14.5. The van der Waals surface area contributed by atoms with Crippen molar-refractivity contribution in [2.45, 2.75) is 40.7 Å². The van der Waals surface area contributed by atoms with E-state index in [9.17, 15) is 9.59 Å². The molecular formula is C18H21N3O3. The number of amides is 1. The summed E-state index contributed by atoms with van der Waals surface area (Å²) >= 11 is 0. The molecule has 6 nitrogen and oxygen atoms in total. The van der Waals surface area contributed by atoms with Crippen LogP contribution in [0.3, 0.4) is 0 Å². The summed E-state index contributed by atoms with van der Waals surface area (Å²) < 4.78 is 5.78. The molecule has 0 spiro atoms. The molecule has 1 heterocycles. The van der Waals surface area contributed by atoms with E-state index in [1.165, 1.54) is 13.0 Å². The number of anilines is 1. The monoisotopic (exact) mass is 327 g/mol. The first-order valence-corrected chi connectivity index (χ1v) is 7.75. The number of ether oxygens (including phenoxy) is 1. The molecule has 0 aliphatic heterocycles. The molecule has 6 heteroatoms. The number of nitrogens with one attached hydrogen (secondary N) is 1. The summed E-state index contributed by atoms with van der Waals surface area (Å²) in [6.07, 6.45) is 3.02. The molecule has 2 rings (SSSR count). The van der Waals surface area contributed by atoms with Crippen molar-refractivity contribution in [2.75, 3.05) is 5.32 Å². The second-order valence-corrected chi connectivity index (χ2v) is 5.75. The lowest BCUT2D eigenvalue weighted by Gasteiger charge is -2.16. The number of carbonyl (C=O) groups excluding carboxylic acids is 2. The maximum atomic E-state index is 11.9. The minimum Gasteiger partial charge on any atom is -0.489 e. The molecule has 0 atom stereocenters. The number of hydrogen-bond donors (Lipinski definition) is 1. The van der Waals surface area contributed by atoms with Crippen molar-refractivity contribution >= 4 is 28.3 Å². The van der Waals surface area contributed by atoms with Crippen molar-refractivity contribution in [1.82, 2.24) is 10.2 Å². The largest absolute Gasteiger partial charge is 0.489 e. The summed E-state index contributed by atoms with van der Waals surface area (Å²) in [6, 6.07) is 3.50. The third kappa shape index (κ3) is 3.76. The lowest BCUT2D eigenvalue weighted by atomic mass is 10.1. The SMILES string of the molecule is C/C=C/C(=O)Nc1cc2c(C)c(C(C)=O)nnc2cc1OC(C)C. The van der Waals surface area contributed by atoms with Crippen LogP contribution < -0.4 is 10.1 Å². The van der Waals surface area contributed by atoms with Crippen molar-refractivity contribution in [3.63, 3.8) is 0 Å². The van der Waals surface area contributed by atoms with E-state index in [2.05, 4.69) is 15.5 Å². The minimum absolute atomic E-state index is 0.0645. The van der Waals surface area contributed by atoms with Crippen LogP contribution in [0, 0.1) is 6.92 Å². The van der Waals surface area contributed by atoms with Crippen molar-refractivity contribution in [3.8, 4) is 5.75 Å². The van der Waals surface area contributed by atoms with Crippen molar-refractivity contribution in [1.29, 1.82) is 0 Å². The maximum Gasteiger partial charge on any atom is 0.248 e. The van der Waals surface area contributed by atoms with E-state index < -0.39 is 0 Å². The zero-order chi connectivity index (χ0) is 17.9. The Morgan fingerprint density at radius 3 is 2.54 bits per heavy atom. The molecule has 24 heavy (non-hydrogen) atoms. The van der Waals surface area contributed by atoms with E-state index in [0.717, 1.165) is 10.9 Å². The molecule has 2 aromatic rings. The van der Waals surface area contributed by atoms with E-state index in [0.29, 0.717) is 22.6 Å². The summed E-state index contributed by atoms with van der Waals surface area (Å²) in [4.78, 5) is 23.6. The Labute approximate surface area is 140 Å². The third-order valence-corrected chi connectivity index (χ3v) is 3.39. The summed E-state index contributed by atoms with van der Waals surface area (Å²) in [5.41, 5.74) is 2.19. The number of aromatic nitrogens is 2. The fourth-order valence-electron chi connectivity index (χ4n) is 2.37. The molecule has 0 saturated carbocycles. The van der Waals surface area contributed by atoms with E-state index in [1.807, 2.05) is 20.8 Å². The predicted molar refractivity (Wildman–Crippen MR) is 93.5 cm³/mol. The molecule has 0 saturated heterocycles. The van der Waals surface area contributed by atoms with Gasteiger partial charge in [0.15, 0.2) is 5.78 Å². The smallest absolute Gasteiger partial charge is 0.248 e. The second-order valence-electron chi connectivity index (χ2n) is 5.75. The van der Waals surface area contributed by atoms with E-state index in [1.54, 1.807) is 25.1 Å². The van der Waals surface area contributed by atoms with Crippen LogP contribution in [0.5, 0.6) is 5.75 Å². The van der Waals surface area contributed by atoms with Gasteiger partial charge < -0.3 is 10.1 Å². The molecule has 0 aliphatic rings. The first-order chi connectivity index (χ1) is 11.3. The van der Waals surface area contributed by atoms with Gasteiger partial charge in [0.1, 0.15) is 11.4 Å². The predicted octanol–water partition coefficient (Wildman–Crippen LogP) is 3.44. The number of ketones is 1. The van der Waals surface area contributed by atoms with E-state index >= 15 is 0 Å². The highest BCUT2D eigenvalue weighted by Gasteiger charge is 2.16. The number of carbonyl (C=O) groups is 2. The molecule has 1 N–H and O–H groups in total. The molecule has 0 radical (unpaired) electrons. The lowest BCUT2D eigenvalue weighted by molar-refractivity contribution is -0.111. The molecule has 0 unspecified atom stereocenters. The van der Waals surface area contributed by atoms with Crippen LogP contribution in [0.25, 0.3) is 10.9 Å². The number of nitrogens with zero attached hydrogens (tertiary/aromatic N) is 2. The first-order valence-electron chi connectivity index (χ1n) is 7.75. The average molecular weight is 327 g/mol. The van der Waals surface area contributed by atoms with Crippen LogP contribution in [-0.4, -0.2) is 28.0 Å². The standard InChI is InChI=1S/C18H21N3O3/c1-6-7-17(23)19-15-8-13-11(4)18(12(5)22)21-20-14(13)9-16(15)24-10(2)3/h6-10H,1-5H3,(H,19,23)/b7-6+. The van der Waals surface area contributed by atoms with E-state index in [4.69, 9.17) is 4.74 Å². The fraction of sp³-hybridized carbons (Fsp3) is 0.333. The van der Waals surface area contributed by atoms with Crippen LogP contribution in [0.4, 0.5) is 5.69 Å². The number of aryl methyl sites for hydroxylation is 1. The van der Waals surface area contributed by atoms with Crippen LogP contribution in [0.2, 0.25) is 0 Å².